The second-order valence-electron chi connectivity index (χ2n) is 6.64. The van der Waals surface area contributed by atoms with Crippen molar-refractivity contribution in [1.29, 1.82) is 0 Å². The summed E-state index contributed by atoms with van der Waals surface area (Å²) in [5, 5.41) is 2.65. The number of ether oxygens (including phenoxy) is 1. The first-order valence-corrected chi connectivity index (χ1v) is 9.41. The summed E-state index contributed by atoms with van der Waals surface area (Å²) in [6.07, 6.45) is 1.70. The van der Waals surface area contributed by atoms with Crippen molar-refractivity contribution in [2.45, 2.75) is 6.10 Å². The number of aromatic nitrogens is 1. The van der Waals surface area contributed by atoms with Gasteiger partial charge in [-0.1, -0.05) is 42.5 Å². The smallest absolute Gasteiger partial charge is 0.339 e. The van der Waals surface area contributed by atoms with Gasteiger partial charge in [-0.05, 0) is 36.4 Å². The van der Waals surface area contributed by atoms with Crippen LogP contribution in [0.5, 0.6) is 0 Å². The summed E-state index contributed by atoms with van der Waals surface area (Å²) in [7, 11) is 0. The van der Waals surface area contributed by atoms with E-state index in [1.54, 1.807) is 60.8 Å². The molecule has 0 aliphatic rings. The highest BCUT2D eigenvalue weighted by atomic mass is 19.1. The van der Waals surface area contributed by atoms with E-state index in [1.165, 1.54) is 30.7 Å². The number of hydrogen-bond acceptors (Lipinski definition) is 5. The van der Waals surface area contributed by atoms with E-state index in [4.69, 9.17) is 9.15 Å². The SMILES string of the molecule is O=C(OC(C(=O)Nc1ccc(F)cc1)c1ccccc1)c1ccc(-c2cnco2)cc1. The Morgan fingerprint density at radius 1 is 0.935 bits per heavy atom. The predicted molar refractivity (Wildman–Crippen MR) is 112 cm³/mol. The number of halogens is 1. The number of hydrogen-bond donors (Lipinski definition) is 1. The third kappa shape index (κ3) is 4.84. The topological polar surface area (TPSA) is 81.4 Å². The molecule has 1 amide bonds. The standard InChI is InChI=1S/C24H17FN2O4/c25-19-10-12-20(13-11-19)27-23(28)22(17-4-2-1-3-5-17)31-24(29)18-8-6-16(7-9-18)21-14-26-15-30-21/h1-15,22H,(H,27,28). The fraction of sp³-hybridized carbons (Fsp3) is 0.0417. The molecule has 3 aromatic carbocycles. The van der Waals surface area contributed by atoms with Gasteiger partial charge in [-0.15, -0.1) is 0 Å². The molecular weight excluding hydrogens is 399 g/mol. The zero-order valence-electron chi connectivity index (χ0n) is 16.2. The Kier molecular flexibility index (Phi) is 5.84. The molecular formula is C24H17FN2O4. The van der Waals surface area contributed by atoms with E-state index in [9.17, 15) is 14.0 Å². The lowest BCUT2D eigenvalue weighted by Crippen LogP contribution is -2.26. The monoisotopic (exact) mass is 416 g/mol. The van der Waals surface area contributed by atoms with Crippen molar-refractivity contribution < 1.29 is 23.1 Å². The second kappa shape index (κ2) is 9.04. The second-order valence-corrected chi connectivity index (χ2v) is 6.64. The Labute approximate surface area is 177 Å². The Morgan fingerprint density at radius 3 is 2.29 bits per heavy atom. The Hall–Kier alpha value is -4.26. The molecule has 0 saturated carbocycles. The van der Waals surface area contributed by atoms with Gasteiger partial charge in [0.1, 0.15) is 5.82 Å². The summed E-state index contributed by atoms with van der Waals surface area (Å²) in [5.41, 5.74) is 1.93. The maximum atomic E-state index is 13.1. The van der Waals surface area contributed by atoms with Crippen LogP contribution in [0.1, 0.15) is 22.0 Å². The van der Waals surface area contributed by atoms with Crippen molar-refractivity contribution in [3.63, 3.8) is 0 Å². The van der Waals surface area contributed by atoms with Crippen LogP contribution in [0.4, 0.5) is 10.1 Å². The van der Waals surface area contributed by atoms with Crippen molar-refractivity contribution in [3.8, 4) is 11.3 Å². The first kappa shape index (κ1) is 20.0. The molecule has 0 bridgehead atoms. The zero-order chi connectivity index (χ0) is 21.6. The first-order chi connectivity index (χ1) is 15.1. The van der Waals surface area contributed by atoms with Crippen LogP contribution in [-0.4, -0.2) is 16.9 Å². The van der Waals surface area contributed by atoms with Crippen LogP contribution in [-0.2, 0) is 9.53 Å². The quantitative estimate of drug-likeness (QED) is 0.447. The fourth-order valence-electron chi connectivity index (χ4n) is 2.95. The molecule has 1 atom stereocenters. The highest BCUT2D eigenvalue weighted by Gasteiger charge is 2.26. The van der Waals surface area contributed by atoms with Gasteiger partial charge in [-0.3, -0.25) is 4.79 Å². The van der Waals surface area contributed by atoms with Crippen molar-refractivity contribution in [1.82, 2.24) is 4.98 Å². The largest absolute Gasteiger partial charge is 0.444 e. The minimum Gasteiger partial charge on any atom is -0.444 e. The first-order valence-electron chi connectivity index (χ1n) is 9.41. The normalized spacial score (nSPS) is 11.5. The van der Waals surface area contributed by atoms with Crippen molar-refractivity contribution in [2.75, 3.05) is 5.32 Å². The number of carbonyl (C=O) groups excluding carboxylic acids is 2. The van der Waals surface area contributed by atoms with E-state index >= 15 is 0 Å². The molecule has 0 radical (unpaired) electrons. The number of rotatable bonds is 6. The van der Waals surface area contributed by atoms with Gasteiger partial charge in [0.25, 0.3) is 5.91 Å². The highest BCUT2D eigenvalue weighted by molar-refractivity contribution is 5.98. The zero-order valence-corrected chi connectivity index (χ0v) is 16.2. The number of esters is 1. The summed E-state index contributed by atoms with van der Waals surface area (Å²) < 4.78 is 23.9. The van der Waals surface area contributed by atoms with Crippen molar-refractivity contribution in [2.24, 2.45) is 0 Å². The van der Waals surface area contributed by atoms with Gasteiger partial charge >= 0.3 is 5.97 Å². The van der Waals surface area contributed by atoms with E-state index in [2.05, 4.69) is 10.3 Å². The van der Waals surface area contributed by atoms with Crippen LogP contribution in [0.2, 0.25) is 0 Å². The lowest BCUT2D eigenvalue weighted by Gasteiger charge is -2.18. The number of anilines is 1. The van der Waals surface area contributed by atoms with E-state index in [-0.39, 0.29) is 5.56 Å². The van der Waals surface area contributed by atoms with E-state index in [0.29, 0.717) is 17.0 Å². The molecule has 0 aliphatic carbocycles. The molecule has 0 aliphatic heterocycles. The summed E-state index contributed by atoms with van der Waals surface area (Å²) in [4.78, 5) is 29.5. The van der Waals surface area contributed by atoms with Crippen LogP contribution >= 0.6 is 0 Å². The maximum absolute atomic E-state index is 13.1. The Bertz CT molecular complexity index is 1160. The molecule has 4 rings (SSSR count). The number of amides is 1. The van der Waals surface area contributed by atoms with Crippen molar-refractivity contribution in [3.05, 3.63) is 108 Å². The highest BCUT2D eigenvalue weighted by Crippen LogP contribution is 2.24. The van der Waals surface area contributed by atoms with Crippen LogP contribution in [0.3, 0.4) is 0 Å². The number of benzene rings is 3. The van der Waals surface area contributed by atoms with E-state index in [1.807, 2.05) is 0 Å². The number of nitrogens with one attached hydrogen (secondary N) is 1. The predicted octanol–water partition coefficient (Wildman–Crippen LogP) is 5.02. The van der Waals surface area contributed by atoms with Gasteiger partial charge in [0.2, 0.25) is 6.10 Å². The van der Waals surface area contributed by atoms with Gasteiger partial charge < -0.3 is 14.5 Å². The van der Waals surface area contributed by atoms with Gasteiger partial charge in [-0.2, -0.15) is 0 Å². The summed E-state index contributed by atoms with van der Waals surface area (Å²) in [6.45, 7) is 0. The molecule has 1 aromatic heterocycles. The van der Waals surface area contributed by atoms with Crippen LogP contribution in [0, 0.1) is 5.82 Å². The third-order valence-corrected chi connectivity index (χ3v) is 4.51. The lowest BCUT2D eigenvalue weighted by atomic mass is 10.1. The molecule has 0 fully saturated rings. The summed E-state index contributed by atoms with van der Waals surface area (Å²) in [5.74, 6) is -1.06. The third-order valence-electron chi connectivity index (χ3n) is 4.51. The molecule has 154 valence electrons. The Balaban J connectivity index is 1.53. The molecule has 1 heterocycles. The van der Waals surface area contributed by atoms with Crippen molar-refractivity contribution >= 4 is 17.6 Å². The molecule has 6 nitrogen and oxygen atoms in total. The number of carbonyl (C=O) groups is 2. The molecule has 1 N–H and O–H groups in total. The summed E-state index contributed by atoms with van der Waals surface area (Å²) >= 11 is 0. The van der Waals surface area contributed by atoms with Crippen LogP contribution in [0.25, 0.3) is 11.3 Å². The van der Waals surface area contributed by atoms with Gasteiger partial charge in [0, 0.05) is 16.8 Å². The Morgan fingerprint density at radius 2 is 1.65 bits per heavy atom. The van der Waals surface area contributed by atoms with Gasteiger partial charge in [0.15, 0.2) is 12.2 Å². The minimum absolute atomic E-state index is 0.277. The fourth-order valence-corrected chi connectivity index (χ4v) is 2.95. The molecule has 1 unspecified atom stereocenters. The molecule has 31 heavy (non-hydrogen) atoms. The maximum Gasteiger partial charge on any atom is 0.339 e. The van der Waals surface area contributed by atoms with Crippen LogP contribution in [0.15, 0.2) is 95.9 Å². The van der Waals surface area contributed by atoms with Crippen LogP contribution < -0.4 is 5.32 Å². The number of nitrogens with zero attached hydrogens (tertiary/aromatic N) is 1. The molecule has 4 aromatic rings. The van der Waals surface area contributed by atoms with Gasteiger partial charge in [0.05, 0.1) is 11.8 Å². The van der Waals surface area contributed by atoms with E-state index < -0.39 is 23.8 Å². The average molecular weight is 416 g/mol. The summed E-state index contributed by atoms with van der Waals surface area (Å²) in [6, 6.07) is 20.6. The molecule has 7 heteroatoms. The average Bonchev–Trinajstić information content (AvgIpc) is 3.34. The molecule has 0 saturated heterocycles. The van der Waals surface area contributed by atoms with E-state index in [0.717, 1.165) is 5.56 Å². The number of oxazole rings is 1. The molecule has 0 spiro atoms. The minimum atomic E-state index is -1.19. The van der Waals surface area contributed by atoms with Gasteiger partial charge in [-0.25, -0.2) is 14.2 Å². The lowest BCUT2D eigenvalue weighted by molar-refractivity contribution is -0.125.